The largest absolute Gasteiger partial charge is 0.254 e. The molecule has 0 spiro atoms. The maximum atomic E-state index is 12.7. The molecule has 19 heavy (non-hydrogen) atoms. The molecule has 0 aromatic heterocycles. The van der Waals surface area contributed by atoms with E-state index in [1.807, 2.05) is 12.1 Å². The zero-order valence-corrected chi connectivity index (χ0v) is 12.2. The quantitative estimate of drug-likeness (QED) is 0.783. The fourth-order valence-electron chi connectivity index (χ4n) is 2.85. The lowest BCUT2D eigenvalue weighted by Gasteiger charge is -2.24. The van der Waals surface area contributed by atoms with Crippen molar-refractivity contribution in [2.45, 2.75) is 36.8 Å². The summed E-state index contributed by atoms with van der Waals surface area (Å²) in [5, 5.41) is 2.59. The van der Waals surface area contributed by atoms with Crippen molar-refractivity contribution < 1.29 is 4.21 Å². The fourth-order valence-corrected chi connectivity index (χ4v) is 4.56. The molecule has 0 saturated heterocycles. The molecule has 3 rings (SSSR count). The highest BCUT2D eigenvalue weighted by Crippen LogP contribution is 2.34. The van der Waals surface area contributed by atoms with Crippen LogP contribution in [0.4, 0.5) is 0 Å². The molecule has 0 radical (unpaired) electrons. The molecule has 2 aromatic carbocycles. The molecule has 0 N–H and O–H groups in total. The Bertz CT molecular complexity index is 685. The van der Waals surface area contributed by atoms with Crippen molar-refractivity contribution in [2.75, 3.05) is 0 Å². The van der Waals surface area contributed by atoms with Crippen LogP contribution >= 0.6 is 0 Å². The Hall–Kier alpha value is -1.41. The first-order chi connectivity index (χ1) is 9.24. The Morgan fingerprint density at radius 3 is 2.42 bits per heavy atom. The first kappa shape index (κ1) is 12.6. The molecular formula is C17H18OS. The molecule has 0 aliphatic carbocycles. The fraction of sp³-hybridized carbons (Fsp3) is 0.294. The third kappa shape index (κ3) is 2.04. The van der Waals surface area contributed by atoms with E-state index in [0.717, 1.165) is 23.3 Å². The van der Waals surface area contributed by atoms with Crippen molar-refractivity contribution in [1.82, 2.24) is 0 Å². The lowest BCUT2D eigenvalue weighted by Crippen LogP contribution is -2.21. The van der Waals surface area contributed by atoms with Gasteiger partial charge < -0.3 is 0 Å². The minimum absolute atomic E-state index is 0.193. The molecule has 1 aliphatic rings. The van der Waals surface area contributed by atoms with Crippen molar-refractivity contribution in [3.8, 4) is 0 Å². The van der Waals surface area contributed by atoms with Crippen molar-refractivity contribution in [3.05, 3.63) is 47.5 Å². The van der Waals surface area contributed by atoms with Crippen LogP contribution in [0.5, 0.6) is 0 Å². The topological polar surface area (TPSA) is 17.1 Å². The van der Waals surface area contributed by atoms with Gasteiger partial charge in [0, 0.05) is 4.90 Å². The van der Waals surface area contributed by atoms with Crippen LogP contribution in [0.1, 0.15) is 32.3 Å². The second-order valence-electron chi connectivity index (χ2n) is 5.00. The van der Waals surface area contributed by atoms with E-state index < -0.39 is 10.8 Å². The highest BCUT2D eigenvalue weighted by molar-refractivity contribution is 7.86. The van der Waals surface area contributed by atoms with Crippen LogP contribution in [-0.4, -0.2) is 9.46 Å². The van der Waals surface area contributed by atoms with E-state index in [0.29, 0.717) is 0 Å². The monoisotopic (exact) mass is 270 g/mol. The van der Waals surface area contributed by atoms with Crippen LogP contribution in [-0.2, 0) is 10.8 Å². The average Bonchev–Trinajstić information content (AvgIpc) is 2.45. The van der Waals surface area contributed by atoms with Crippen LogP contribution in [0, 0.1) is 0 Å². The van der Waals surface area contributed by atoms with Crippen LogP contribution in [0.3, 0.4) is 0 Å². The van der Waals surface area contributed by atoms with Gasteiger partial charge in [0.1, 0.15) is 0 Å². The highest BCUT2D eigenvalue weighted by Gasteiger charge is 2.26. The first-order valence-electron chi connectivity index (χ1n) is 6.88. The van der Waals surface area contributed by atoms with Crippen LogP contribution in [0.2, 0.25) is 0 Å². The lowest BCUT2D eigenvalue weighted by molar-refractivity contribution is 0.670. The lowest BCUT2D eigenvalue weighted by atomic mass is 10.0. The summed E-state index contributed by atoms with van der Waals surface area (Å²) in [5.41, 5.74) is 2.46. The van der Waals surface area contributed by atoms with Gasteiger partial charge in [0.15, 0.2) is 0 Å². The summed E-state index contributed by atoms with van der Waals surface area (Å²) >= 11 is 0. The summed E-state index contributed by atoms with van der Waals surface area (Å²) in [7, 11) is -0.907. The molecule has 0 amide bonds. The SMILES string of the molecule is CCC1=Cc2cc3ccccc3cc2S(=O)C1CC. The summed E-state index contributed by atoms with van der Waals surface area (Å²) in [6.45, 7) is 4.27. The molecule has 98 valence electrons. The van der Waals surface area contributed by atoms with Gasteiger partial charge >= 0.3 is 0 Å². The number of hydrogen-bond donors (Lipinski definition) is 0. The summed E-state index contributed by atoms with van der Waals surface area (Å²) in [6.07, 6.45) is 4.17. The molecule has 2 unspecified atom stereocenters. The van der Waals surface area contributed by atoms with Crippen molar-refractivity contribution in [1.29, 1.82) is 0 Å². The molecule has 1 nitrogen and oxygen atoms in total. The Kier molecular flexibility index (Phi) is 3.28. The van der Waals surface area contributed by atoms with E-state index >= 15 is 0 Å². The van der Waals surface area contributed by atoms with Gasteiger partial charge in [-0.15, -0.1) is 0 Å². The van der Waals surface area contributed by atoms with Crippen LogP contribution in [0.15, 0.2) is 46.9 Å². The summed E-state index contributed by atoms with van der Waals surface area (Å²) < 4.78 is 12.7. The molecule has 2 aromatic rings. The summed E-state index contributed by atoms with van der Waals surface area (Å²) in [6, 6.07) is 12.6. The van der Waals surface area contributed by atoms with Gasteiger partial charge in [-0.3, -0.25) is 4.21 Å². The van der Waals surface area contributed by atoms with E-state index in [1.54, 1.807) is 0 Å². The first-order valence-corrected chi connectivity index (χ1v) is 8.09. The molecule has 0 fully saturated rings. The Balaban J connectivity index is 2.25. The molecule has 2 heteroatoms. The average molecular weight is 270 g/mol. The highest BCUT2D eigenvalue weighted by atomic mass is 32.2. The van der Waals surface area contributed by atoms with Gasteiger partial charge in [0.25, 0.3) is 0 Å². The predicted octanol–water partition coefficient (Wildman–Crippen LogP) is 4.53. The van der Waals surface area contributed by atoms with Gasteiger partial charge in [-0.2, -0.15) is 0 Å². The smallest absolute Gasteiger partial charge is 0.0608 e. The van der Waals surface area contributed by atoms with E-state index in [9.17, 15) is 4.21 Å². The minimum Gasteiger partial charge on any atom is -0.254 e. The number of hydrogen-bond acceptors (Lipinski definition) is 1. The third-order valence-electron chi connectivity index (χ3n) is 3.89. The number of benzene rings is 2. The zero-order chi connectivity index (χ0) is 13.4. The maximum Gasteiger partial charge on any atom is 0.0608 e. The van der Waals surface area contributed by atoms with Gasteiger partial charge in [-0.25, -0.2) is 0 Å². The minimum atomic E-state index is -0.907. The van der Waals surface area contributed by atoms with Crippen molar-refractivity contribution in [3.63, 3.8) is 0 Å². The summed E-state index contributed by atoms with van der Waals surface area (Å²) in [4.78, 5) is 1.00. The van der Waals surface area contributed by atoms with Crippen molar-refractivity contribution in [2.24, 2.45) is 0 Å². The Morgan fingerprint density at radius 2 is 1.79 bits per heavy atom. The molecule has 0 saturated carbocycles. The predicted molar refractivity (Wildman–Crippen MR) is 82.7 cm³/mol. The third-order valence-corrected chi connectivity index (χ3v) is 5.83. The maximum absolute atomic E-state index is 12.7. The van der Waals surface area contributed by atoms with Crippen LogP contribution < -0.4 is 0 Å². The second-order valence-corrected chi connectivity index (χ2v) is 6.61. The zero-order valence-electron chi connectivity index (χ0n) is 11.3. The van der Waals surface area contributed by atoms with Gasteiger partial charge in [0.05, 0.1) is 16.0 Å². The number of rotatable bonds is 2. The van der Waals surface area contributed by atoms with E-state index in [1.165, 1.54) is 16.3 Å². The summed E-state index contributed by atoms with van der Waals surface area (Å²) in [5.74, 6) is 0. The Labute approximate surface area is 116 Å². The molecule has 1 heterocycles. The molecule has 0 bridgehead atoms. The Morgan fingerprint density at radius 1 is 1.11 bits per heavy atom. The normalized spacial score (nSPS) is 22.1. The standard InChI is InChI=1S/C17H18OS/c1-3-12-9-15-10-13-7-5-6-8-14(13)11-17(15)19(18)16(12)4-2/h5-11,16H,3-4H2,1-2H3. The molecular weight excluding hydrogens is 252 g/mol. The van der Waals surface area contributed by atoms with Crippen LogP contribution in [0.25, 0.3) is 16.8 Å². The number of fused-ring (bicyclic) bond motifs is 2. The van der Waals surface area contributed by atoms with Gasteiger partial charge in [-0.1, -0.05) is 49.8 Å². The van der Waals surface area contributed by atoms with Crippen molar-refractivity contribution >= 4 is 27.6 Å². The molecule has 2 atom stereocenters. The molecule has 1 aliphatic heterocycles. The van der Waals surface area contributed by atoms with E-state index in [-0.39, 0.29) is 5.25 Å². The van der Waals surface area contributed by atoms with Gasteiger partial charge in [0.2, 0.25) is 0 Å². The van der Waals surface area contributed by atoms with E-state index in [2.05, 4.69) is 44.2 Å². The van der Waals surface area contributed by atoms with Gasteiger partial charge in [-0.05, 0) is 41.3 Å². The second kappa shape index (κ2) is 4.93. The van der Waals surface area contributed by atoms with E-state index in [4.69, 9.17) is 0 Å².